The lowest BCUT2D eigenvalue weighted by atomic mass is 9.72. The maximum absolute atomic E-state index is 6.54. The molecule has 210 valence electrons. The molecular weight excluding hydrogens is 510 g/mol. The molecule has 2 aliphatic heterocycles. The third kappa shape index (κ3) is 4.67. The summed E-state index contributed by atoms with van der Waals surface area (Å²) in [5.41, 5.74) is 4.98. The molecule has 0 radical (unpaired) electrons. The predicted molar refractivity (Wildman–Crippen MR) is 166 cm³/mol. The Bertz CT molecular complexity index is 1550. The summed E-state index contributed by atoms with van der Waals surface area (Å²) in [6, 6.07) is 26.8. The second-order valence-corrected chi connectivity index (χ2v) is 13.0. The van der Waals surface area contributed by atoms with Gasteiger partial charge in [-0.05, 0) is 84.0 Å². The van der Waals surface area contributed by atoms with Crippen LogP contribution in [-0.2, 0) is 18.6 Å². The van der Waals surface area contributed by atoms with Gasteiger partial charge < -0.3 is 18.6 Å². The van der Waals surface area contributed by atoms with Crippen LogP contribution in [0.5, 0.6) is 0 Å². The van der Waals surface area contributed by atoms with Crippen molar-refractivity contribution < 1.29 is 18.6 Å². The van der Waals surface area contributed by atoms with Gasteiger partial charge in [0, 0.05) is 11.1 Å². The molecule has 1 aromatic heterocycles. The van der Waals surface area contributed by atoms with Gasteiger partial charge in [-0.1, -0.05) is 66.7 Å². The summed E-state index contributed by atoms with van der Waals surface area (Å²) >= 11 is 0. The SMILES string of the molecule is CC1(C)OB(c2ccccc2-c2cnn(-c3ccccc3)c2-c2ccccc2B2OC(C)(C)C(C)(C)O2)OC1(C)C. The molecular formula is C33H38B2N2O4. The zero-order valence-electron chi connectivity index (χ0n) is 25.3. The van der Waals surface area contributed by atoms with Crippen LogP contribution < -0.4 is 10.9 Å². The minimum Gasteiger partial charge on any atom is -0.399 e. The summed E-state index contributed by atoms with van der Waals surface area (Å²) < 4.78 is 28.1. The van der Waals surface area contributed by atoms with Gasteiger partial charge >= 0.3 is 14.2 Å². The molecule has 4 aromatic rings. The van der Waals surface area contributed by atoms with Crippen LogP contribution in [0.4, 0.5) is 0 Å². The molecule has 41 heavy (non-hydrogen) atoms. The van der Waals surface area contributed by atoms with E-state index in [1.54, 1.807) is 0 Å². The van der Waals surface area contributed by atoms with Crippen LogP contribution >= 0.6 is 0 Å². The third-order valence-corrected chi connectivity index (χ3v) is 9.25. The van der Waals surface area contributed by atoms with Crippen molar-refractivity contribution in [3.8, 4) is 28.1 Å². The molecule has 0 amide bonds. The average Bonchev–Trinajstić information content (AvgIpc) is 3.53. The fourth-order valence-electron chi connectivity index (χ4n) is 5.38. The Morgan fingerprint density at radius 2 is 0.927 bits per heavy atom. The first kappa shape index (κ1) is 28.0. The summed E-state index contributed by atoms with van der Waals surface area (Å²) in [6.45, 7) is 16.6. The molecule has 0 spiro atoms. The Morgan fingerprint density at radius 3 is 1.44 bits per heavy atom. The van der Waals surface area contributed by atoms with Crippen molar-refractivity contribution in [2.24, 2.45) is 0 Å². The third-order valence-electron chi connectivity index (χ3n) is 9.25. The average molecular weight is 548 g/mol. The van der Waals surface area contributed by atoms with Crippen LogP contribution in [0.1, 0.15) is 55.4 Å². The topological polar surface area (TPSA) is 54.7 Å². The van der Waals surface area contributed by atoms with Crippen LogP contribution in [0.15, 0.2) is 85.1 Å². The molecule has 3 heterocycles. The summed E-state index contributed by atoms with van der Waals surface area (Å²) in [7, 11) is -1.04. The van der Waals surface area contributed by atoms with Gasteiger partial charge in [-0.15, -0.1) is 0 Å². The first-order valence-corrected chi connectivity index (χ1v) is 14.3. The van der Waals surface area contributed by atoms with E-state index in [2.05, 4.69) is 97.9 Å². The minimum atomic E-state index is -0.526. The highest BCUT2D eigenvalue weighted by Crippen LogP contribution is 2.40. The molecule has 0 bridgehead atoms. The fourth-order valence-corrected chi connectivity index (χ4v) is 5.38. The highest BCUT2D eigenvalue weighted by molar-refractivity contribution is 6.64. The fraction of sp³-hybridized carbons (Fsp3) is 0.364. The maximum Gasteiger partial charge on any atom is 0.495 e. The van der Waals surface area contributed by atoms with Crippen molar-refractivity contribution in [2.75, 3.05) is 0 Å². The highest BCUT2D eigenvalue weighted by atomic mass is 16.7. The van der Waals surface area contributed by atoms with Gasteiger partial charge in [-0.2, -0.15) is 5.10 Å². The summed E-state index contributed by atoms with van der Waals surface area (Å²) in [5.74, 6) is 0. The van der Waals surface area contributed by atoms with Crippen molar-refractivity contribution in [3.05, 3.63) is 85.1 Å². The normalized spacial score (nSPS) is 20.5. The Labute approximate surface area is 244 Å². The first-order chi connectivity index (χ1) is 19.3. The maximum atomic E-state index is 6.54. The van der Waals surface area contributed by atoms with Gasteiger partial charge in [0.05, 0.1) is 40.0 Å². The lowest BCUT2D eigenvalue weighted by Crippen LogP contribution is -2.41. The number of para-hydroxylation sites is 1. The number of hydrogen-bond acceptors (Lipinski definition) is 5. The summed E-state index contributed by atoms with van der Waals surface area (Å²) in [6.07, 6.45) is 1.94. The summed E-state index contributed by atoms with van der Waals surface area (Å²) in [5, 5.41) is 4.94. The zero-order valence-corrected chi connectivity index (χ0v) is 25.3. The van der Waals surface area contributed by atoms with Crippen LogP contribution in [0.25, 0.3) is 28.1 Å². The predicted octanol–water partition coefficient (Wildman–Crippen LogP) is 5.80. The molecule has 2 aliphatic rings. The van der Waals surface area contributed by atoms with E-state index in [4.69, 9.17) is 23.7 Å². The van der Waals surface area contributed by atoms with Gasteiger partial charge in [-0.3, -0.25) is 0 Å². The van der Waals surface area contributed by atoms with Gasteiger partial charge in [0.25, 0.3) is 0 Å². The van der Waals surface area contributed by atoms with Crippen molar-refractivity contribution in [1.29, 1.82) is 0 Å². The molecule has 8 heteroatoms. The second kappa shape index (κ2) is 9.70. The lowest BCUT2D eigenvalue weighted by Gasteiger charge is -2.32. The molecule has 2 fully saturated rings. The van der Waals surface area contributed by atoms with Crippen molar-refractivity contribution >= 4 is 25.2 Å². The lowest BCUT2D eigenvalue weighted by molar-refractivity contribution is 0.00578. The van der Waals surface area contributed by atoms with E-state index in [-0.39, 0.29) is 0 Å². The molecule has 0 saturated carbocycles. The van der Waals surface area contributed by atoms with Crippen molar-refractivity contribution in [2.45, 2.75) is 77.8 Å². The second-order valence-electron chi connectivity index (χ2n) is 13.0. The molecule has 2 saturated heterocycles. The molecule has 0 atom stereocenters. The van der Waals surface area contributed by atoms with Crippen LogP contribution in [0.3, 0.4) is 0 Å². The first-order valence-electron chi connectivity index (χ1n) is 14.3. The van der Waals surface area contributed by atoms with E-state index in [0.717, 1.165) is 39.0 Å². The Hall–Kier alpha value is -3.16. The highest BCUT2D eigenvalue weighted by Gasteiger charge is 2.53. The van der Waals surface area contributed by atoms with Crippen molar-refractivity contribution in [3.63, 3.8) is 0 Å². The molecule has 0 unspecified atom stereocenters. The van der Waals surface area contributed by atoms with Gasteiger partial charge in [0.1, 0.15) is 0 Å². The van der Waals surface area contributed by atoms with E-state index >= 15 is 0 Å². The Morgan fingerprint density at radius 1 is 0.512 bits per heavy atom. The van der Waals surface area contributed by atoms with Gasteiger partial charge in [0.15, 0.2) is 0 Å². The molecule has 0 aliphatic carbocycles. The van der Waals surface area contributed by atoms with Crippen LogP contribution in [-0.4, -0.2) is 46.4 Å². The van der Waals surface area contributed by atoms with E-state index in [9.17, 15) is 0 Å². The Balaban J connectivity index is 1.55. The number of nitrogens with zero attached hydrogens (tertiary/aromatic N) is 2. The zero-order chi connectivity index (χ0) is 29.2. The minimum absolute atomic E-state index is 0.453. The van der Waals surface area contributed by atoms with Crippen LogP contribution in [0.2, 0.25) is 0 Å². The quantitative estimate of drug-likeness (QED) is 0.295. The van der Waals surface area contributed by atoms with E-state index in [1.807, 2.05) is 47.3 Å². The smallest absolute Gasteiger partial charge is 0.399 e. The Kier molecular flexibility index (Phi) is 6.62. The molecule has 0 N–H and O–H groups in total. The standard InChI is InChI=1S/C33H38B2N2O4/c1-30(2)31(3,4)39-34(38-30)27-20-14-12-18-24(27)26-22-36-37(23-16-10-9-11-17-23)29(26)25-19-13-15-21-28(25)35-40-32(5,6)33(7,8)41-35/h9-22H,1-8H3. The largest absolute Gasteiger partial charge is 0.495 e. The molecule has 6 nitrogen and oxygen atoms in total. The van der Waals surface area contributed by atoms with Gasteiger partial charge in [-0.25, -0.2) is 4.68 Å². The van der Waals surface area contributed by atoms with E-state index < -0.39 is 36.6 Å². The number of benzene rings is 3. The van der Waals surface area contributed by atoms with Crippen LogP contribution in [0, 0.1) is 0 Å². The summed E-state index contributed by atoms with van der Waals surface area (Å²) in [4.78, 5) is 0. The number of rotatable bonds is 5. The van der Waals surface area contributed by atoms with E-state index in [0.29, 0.717) is 0 Å². The molecule has 3 aromatic carbocycles. The van der Waals surface area contributed by atoms with E-state index in [1.165, 1.54) is 0 Å². The van der Waals surface area contributed by atoms with Gasteiger partial charge in [0.2, 0.25) is 0 Å². The number of aromatic nitrogens is 2. The van der Waals surface area contributed by atoms with Crippen molar-refractivity contribution in [1.82, 2.24) is 9.78 Å². The number of hydrogen-bond donors (Lipinski definition) is 0. The monoisotopic (exact) mass is 548 g/mol. The molecule has 6 rings (SSSR count).